The van der Waals surface area contributed by atoms with Crippen LogP contribution < -0.4 is 21.3 Å². The summed E-state index contributed by atoms with van der Waals surface area (Å²) in [4.78, 5) is 24.4. The largest absolute Gasteiger partial charge is 0.381 e. The molecule has 1 aromatic carbocycles. The first-order valence-electron chi connectivity index (χ1n) is 11.3. The van der Waals surface area contributed by atoms with E-state index in [-0.39, 0.29) is 28.5 Å². The predicted octanol–water partition coefficient (Wildman–Crippen LogP) is 3.77. The van der Waals surface area contributed by atoms with E-state index < -0.39 is 18.4 Å². The maximum atomic E-state index is 14.8. The fraction of sp³-hybridized carbons (Fsp3) is 0.522. The lowest BCUT2D eigenvalue weighted by molar-refractivity contribution is -0.117. The van der Waals surface area contributed by atoms with Gasteiger partial charge in [-0.25, -0.2) is 9.97 Å². The molecule has 10 heteroatoms. The fourth-order valence-electron chi connectivity index (χ4n) is 5.53. The van der Waals surface area contributed by atoms with Gasteiger partial charge < -0.3 is 21.3 Å². The van der Waals surface area contributed by atoms with Crippen molar-refractivity contribution in [3.05, 3.63) is 30.0 Å². The Balaban J connectivity index is 1.35. The number of nitrogens with two attached hydrogens (primary N) is 2. The van der Waals surface area contributed by atoms with E-state index in [2.05, 4.69) is 14.9 Å². The van der Waals surface area contributed by atoms with Crippen molar-refractivity contribution in [2.45, 2.75) is 60.9 Å². The van der Waals surface area contributed by atoms with Gasteiger partial charge >= 0.3 is 0 Å². The molecule has 1 atom stereocenters. The molecule has 1 aliphatic carbocycles. The van der Waals surface area contributed by atoms with Crippen LogP contribution in [0.5, 0.6) is 0 Å². The van der Waals surface area contributed by atoms with Crippen molar-refractivity contribution in [1.29, 1.82) is 0 Å². The average Bonchev–Trinajstić information content (AvgIpc) is 3.27. The number of hydrogen-bond acceptors (Lipinski definition) is 7. The van der Waals surface area contributed by atoms with Crippen LogP contribution in [0.2, 0.25) is 0 Å². The second-order valence-corrected chi connectivity index (χ2v) is 10.4. The summed E-state index contributed by atoms with van der Waals surface area (Å²) < 4.78 is 29.6. The summed E-state index contributed by atoms with van der Waals surface area (Å²) in [5.74, 6) is -2.65. The highest BCUT2D eigenvalue weighted by molar-refractivity contribution is 7.99. The summed E-state index contributed by atoms with van der Waals surface area (Å²) in [7, 11) is 0. The number of halogens is 2. The number of rotatable bonds is 3. The number of alkyl halides is 2. The van der Waals surface area contributed by atoms with Crippen LogP contribution >= 0.6 is 11.8 Å². The van der Waals surface area contributed by atoms with Crippen LogP contribution in [0.3, 0.4) is 0 Å². The van der Waals surface area contributed by atoms with Crippen LogP contribution in [-0.2, 0) is 10.7 Å². The second-order valence-electron chi connectivity index (χ2n) is 9.33. The molecule has 3 aliphatic rings. The molecule has 2 fully saturated rings. The Kier molecular flexibility index (Phi) is 5.48. The molecule has 1 amide bonds. The standard InChI is InChI=1S/C23H28F2N6OS/c1-14(32)31-13-23(24,25)19-15(31)4-2-5-16(19)33-21-20(27)29-18(12-28-21)30-10-8-22(9-11-30)7-3-6-17(22)26/h2,4-5,12,17H,3,6-11,13,26H2,1H3,(H2,27,29)/t17-/m1/s1. The van der Waals surface area contributed by atoms with Crippen molar-refractivity contribution in [1.82, 2.24) is 9.97 Å². The van der Waals surface area contributed by atoms with Gasteiger partial charge in [-0.05, 0) is 43.2 Å². The van der Waals surface area contributed by atoms with E-state index in [0.29, 0.717) is 15.7 Å². The number of aromatic nitrogens is 2. The number of benzene rings is 1. The van der Waals surface area contributed by atoms with Gasteiger partial charge in [-0.1, -0.05) is 24.2 Å². The molecule has 33 heavy (non-hydrogen) atoms. The smallest absolute Gasteiger partial charge is 0.293 e. The number of anilines is 3. The van der Waals surface area contributed by atoms with Crippen LogP contribution in [0.15, 0.2) is 34.3 Å². The lowest BCUT2D eigenvalue weighted by Crippen LogP contribution is -2.47. The minimum atomic E-state index is -3.14. The topological polar surface area (TPSA) is 101 Å². The highest BCUT2D eigenvalue weighted by Crippen LogP contribution is 2.49. The summed E-state index contributed by atoms with van der Waals surface area (Å²) in [6.45, 7) is 2.34. The van der Waals surface area contributed by atoms with Crippen LogP contribution in [0.4, 0.5) is 26.1 Å². The van der Waals surface area contributed by atoms with Crippen molar-refractivity contribution < 1.29 is 13.6 Å². The van der Waals surface area contributed by atoms with Crippen molar-refractivity contribution in [3.63, 3.8) is 0 Å². The maximum absolute atomic E-state index is 14.8. The van der Waals surface area contributed by atoms with E-state index in [1.165, 1.54) is 19.8 Å². The zero-order valence-corrected chi connectivity index (χ0v) is 19.4. The zero-order chi connectivity index (χ0) is 23.4. The van der Waals surface area contributed by atoms with E-state index in [1.54, 1.807) is 24.4 Å². The van der Waals surface area contributed by atoms with Gasteiger partial charge in [0.2, 0.25) is 5.91 Å². The van der Waals surface area contributed by atoms with Crippen molar-refractivity contribution in [2.75, 3.05) is 35.2 Å². The molecule has 1 saturated heterocycles. The minimum absolute atomic E-state index is 0.162. The number of piperidine rings is 1. The average molecular weight is 475 g/mol. The van der Waals surface area contributed by atoms with Gasteiger partial charge in [-0.3, -0.25) is 4.79 Å². The molecule has 1 spiro atoms. The van der Waals surface area contributed by atoms with E-state index in [9.17, 15) is 13.6 Å². The molecule has 176 valence electrons. The highest BCUT2D eigenvalue weighted by Gasteiger charge is 2.47. The van der Waals surface area contributed by atoms with Crippen LogP contribution in [0.25, 0.3) is 0 Å². The third kappa shape index (κ3) is 3.82. The SMILES string of the molecule is CC(=O)N1CC(F)(F)c2c(Sc3ncc(N4CCC5(CCC[C@H]5N)CC4)nc3N)cccc21. The Bertz CT molecular complexity index is 1090. The first-order chi connectivity index (χ1) is 15.7. The molecule has 2 aliphatic heterocycles. The molecule has 1 saturated carbocycles. The molecule has 2 aromatic rings. The minimum Gasteiger partial charge on any atom is -0.381 e. The molecule has 7 nitrogen and oxygen atoms in total. The normalized spacial score (nSPS) is 23.2. The highest BCUT2D eigenvalue weighted by atomic mass is 32.2. The van der Waals surface area contributed by atoms with E-state index >= 15 is 0 Å². The van der Waals surface area contributed by atoms with Gasteiger partial charge in [0.15, 0.2) is 5.82 Å². The quantitative estimate of drug-likeness (QED) is 0.698. The summed E-state index contributed by atoms with van der Waals surface area (Å²) in [5, 5.41) is 0.371. The second kappa shape index (κ2) is 8.09. The van der Waals surface area contributed by atoms with E-state index in [1.807, 2.05) is 0 Å². The maximum Gasteiger partial charge on any atom is 0.293 e. The number of nitrogens with zero attached hydrogens (tertiary/aromatic N) is 4. The molecule has 4 N–H and O–H groups in total. The number of carbonyl (C=O) groups excluding carboxylic acids is 1. The molecule has 1 aromatic heterocycles. The van der Waals surface area contributed by atoms with E-state index in [0.717, 1.165) is 49.0 Å². The van der Waals surface area contributed by atoms with Crippen LogP contribution in [-0.4, -0.2) is 41.6 Å². The van der Waals surface area contributed by atoms with Gasteiger partial charge in [-0.15, -0.1) is 0 Å². The number of fused-ring (bicyclic) bond motifs is 1. The van der Waals surface area contributed by atoms with Crippen molar-refractivity contribution >= 4 is 35.0 Å². The van der Waals surface area contributed by atoms with Crippen molar-refractivity contribution in [3.8, 4) is 0 Å². The molecule has 0 unspecified atom stereocenters. The van der Waals surface area contributed by atoms with Crippen molar-refractivity contribution in [2.24, 2.45) is 11.1 Å². The number of carbonyl (C=O) groups is 1. The number of hydrogen-bond donors (Lipinski definition) is 2. The Morgan fingerprint density at radius 3 is 2.64 bits per heavy atom. The Morgan fingerprint density at radius 2 is 2.00 bits per heavy atom. The fourth-order valence-corrected chi connectivity index (χ4v) is 6.49. The first-order valence-corrected chi connectivity index (χ1v) is 12.1. The van der Waals surface area contributed by atoms with Gasteiger partial charge in [-0.2, -0.15) is 8.78 Å². The van der Waals surface area contributed by atoms with E-state index in [4.69, 9.17) is 11.5 Å². The Morgan fingerprint density at radius 1 is 1.24 bits per heavy atom. The van der Waals surface area contributed by atoms with Gasteiger partial charge in [0.1, 0.15) is 10.8 Å². The van der Waals surface area contributed by atoms with Crippen LogP contribution in [0.1, 0.15) is 44.6 Å². The summed E-state index contributed by atoms with van der Waals surface area (Å²) in [6.07, 6.45) is 7.22. The van der Waals surface area contributed by atoms with Gasteiger partial charge in [0.25, 0.3) is 5.92 Å². The molecule has 5 rings (SSSR count). The Hall–Kier alpha value is -2.46. The molecular weight excluding hydrogens is 446 g/mol. The lowest BCUT2D eigenvalue weighted by Gasteiger charge is -2.42. The summed E-state index contributed by atoms with van der Waals surface area (Å²) in [5.41, 5.74) is 12.9. The molecular formula is C23H28F2N6OS. The molecule has 0 radical (unpaired) electrons. The van der Waals surface area contributed by atoms with Crippen LogP contribution in [0, 0.1) is 5.41 Å². The van der Waals surface area contributed by atoms with Gasteiger partial charge in [0, 0.05) is 31.0 Å². The van der Waals surface area contributed by atoms with Gasteiger partial charge in [0.05, 0.1) is 24.0 Å². The number of nitrogen functional groups attached to an aromatic ring is 1. The number of amides is 1. The Labute approximate surface area is 195 Å². The molecule has 0 bridgehead atoms. The zero-order valence-electron chi connectivity index (χ0n) is 18.6. The first kappa shape index (κ1) is 22.3. The monoisotopic (exact) mass is 474 g/mol. The predicted molar refractivity (Wildman–Crippen MR) is 125 cm³/mol. The third-order valence-corrected chi connectivity index (χ3v) is 8.48. The summed E-state index contributed by atoms with van der Waals surface area (Å²) >= 11 is 1.05. The summed E-state index contributed by atoms with van der Waals surface area (Å²) in [6, 6.07) is 5.08. The lowest BCUT2D eigenvalue weighted by atomic mass is 9.74. The molecule has 3 heterocycles. The third-order valence-electron chi connectivity index (χ3n) is 7.42.